The smallest absolute Gasteiger partial charge is 0.303 e. The molecule has 0 aromatic rings. The van der Waals surface area contributed by atoms with E-state index in [0.29, 0.717) is 6.42 Å². The first-order valence-corrected chi connectivity index (χ1v) is 4.25. The summed E-state index contributed by atoms with van der Waals surface area (Å²) in [7, 11) is 0. The first-order chi connectivity index (χ1) is 5.68. The van der Waals surface area contributed by atoms with Gasteiger partial charge in [-0.1, -0.05) is 23.3 Å². The Morgan fingerprint density at radius 1 is 1.50 bits per heavy atom. The lowest BCUT2D eigenvalue weighted by Crippen LogP contribution is -1.97. The summed E-state index contributed by atoms with van der Waals surface area (Å²) in [5.41, 5.74) is 2.65. The fourth-order valence-corrected chi connectivity index (χ4v) is 1.26. The van der Waals surface area contributed by atoms with Crippen molar-refractivity contribution in [3.05, 3.63) is 23.3 Å². The average molecular weight is 166 g/mol. The summed E-state index contributed by atoms with van der Waals surface area (Å²) in [5.74, 6) is -0.706. The summed E-state index contributed by atoms with van der Waals surface area (Å²) in [6, 6.07) is 0. The lowest BCUT2D eigenvalue weighted by molar-refractivity contribution is -0.136. The van der Waals surface area contributed by atoms with Gasteiger partial charge in [-0.3, -0.25) is 4.79 Å². The number of carboxylic acids is 1. The van der Waals surface area contributed by atoms with Crippen molar-refractivity contribution in [3.8, 4) is 0 Å². The molecule has 0 aliphatic heterocycles. The van der Waals surface area contributed by atoms with Crippen molar-refractivity contribution >= 4 is 5.97 Å². The first kappa shape index (κ1) is 9.04. The van der Waals surface area contributed by atoms with Crippen LogP contribution < -0.4 is 0 Å². The maximum absolute atomic E-state index is 10.3. The van der Waals surface area contributed by atoms with E-state index in [1.54, 1.807) is 0 Å². The van der Waals surface area contributed by atoms with E-state index < -0.39 is 5.97 Å². The third-order valence-electron chi connectivity index (χ3n) is 2.10. The van der Waals surface area contributed by atoms with Crippen LogP contribution in [-0.4, -0.2) is 11.1 Å². The lowest BCUT2D eigenvalue weighted by atomic mass is 9.96. The molecule has 1 aliphatic carbocycles. The second kappa shape index (κ2) is 4.10. The van der Waals surface area contributed by atoms with E-state index in [2.05, 4.69) is 19.1 Å². The predicted molar refractivity (Wildman–Crippen MR) is 47.9 cm³/mol. The lowest BCUT2D eigenvalue weighted by Gasteiger charge is -2.10. The summed E-state index contributed by atoms with van der Waals surface area (Å²) in [6.07, 6.45) is 7.24. The monoisotopic (exact) mass is 166 g/mol. The summed E-state index contributed by atoms with van der Waals surface area (Å²) < 4.78 is 0. The topological polar surface area (TPSA) is 37.3 Å². The molecule has 0 spiro atoms. The van der Waals surface area contributed by atoms with Gasteiger partial charge in [-0.15, -0.1) is 0 Å². The van der Waals surface area contributed by atoms with Gasteiger partial charge in [0, 0.05) is 6.42 Å². The summed E-state index contributed by atoms with van der Waals surface area (Å²) in [6.45, 7) is 2.10. The molecule has 0 saturated carbocycles. The molecule has 0 bridgehead atoms. The third kappa shape index (κ3) is 2.91. The zero-order chi connectivity index (χ0) is 8.97. The van der Waals surface area contributed by atoms with Crippen LogP contribution in [0.4, 0.5) is 0 Å². The molecule has 0 aromatic carbocycles. The highest BCUT2D eigenvalue weighted by molar-refractivity contribution is 5.67. The molecule has 0 unspecified atom stereocenters. The van der Waals surface area contributed by atoms with Gasteiger partial charge in [0.2, 0.25) is 0 Å². The number of carbonyl (C=O) groups is 1. The zero-order valence-electron chi connectivity index (χ0n) is 7.34. The molecule has 0 aromatic heterocycles. The number of aliphatic carboxylic acids is 1. The second-order valence-electron chi connectivity index (χ2n) is 3.23. The minimum atomic E-state index is -0.706. The van der Waals surface area contributed by atoms with Crippen molar-refractivity contribution in [1.29, 1.82) is 0 Å². The van der Waals surface area contributed by atoms with Crippen LogP contribution in [0.2, 0.25) is 0 Å². The normalized spacial score (nSPS) is 16.8. The maximum Gasteiger partial charge on any atom is 0.303 e. The molecule has 0 saturated heterocycles. The summed E-state index contributed by atoms with van der Waals surface area (Å²) >= 11 is 0. The van der Waals surface area contributed by atoms with Gasteiger partial charge in [-0.2, -0.15) is 0 Å². The van der Waals surface area contributed by atoms with Gasteiger partial charge in [0.05, 0.1) is 0 Å². The largest absolute Gasteiger partial charge is 0.481 e. The van der Waals surface area contributed by atoms with Crippen molar-refractivity contribution in [2.45, 2.75) is 32.6 Å². The molecule has 0 radical (unpaired) electrons. The van der Waals surface area contributed by atoms with E-state index in [0.717, 1.165) is 12.8 Å². The Hall–Kier alpha value is -1.05. The molecular weight excluding hydrogens is 152 g/mol. The van der Waals surface area contributed by atoms with Crippen molar-refractivity contribution in [2.24, 2.45) is 0 Å². The molecule has 0 amide bonds. The van der Waals surface area contributed by atoms with E-state index in [1.807, 2.05) is 0 Å². The molecule has 0 fully saturated rings. The number of hydrogen-bond acceptors (Lipinski definition) is 1. The Morgan fingerprint density at radius 3 is 2.75 bits per heavy atom. The highest BCUT2D eigenvalue weighted by Crippen LogP contribution is 2.20. The quantitative estimate of drug-likeness (QED) is 0.699. The molecule has 1 rings (SSSR count). The van der Waals surface area contributed by atoms with Crippen LogP contribution in [0, 0.1) is 0 Å². The van der Waals surface area contributed by atoms with Crippen LogP contribution >= 0.6 is 0 Å². The van der Waals surface area contributed by atoms with Crippen molar-refractivity contribution < 1.29 is 9.90 Å². The SMILES string of the molecule is CC1=CC=C(CCC(=O)O)CC1. The van der Waals surface area contributed by atoms with Gasteiger partial charge in [0.25, 0.3) is 0 Å². The Morgan fingerprint density at radius 2 is 2.25 bits per heavy atom. The van der Waals surface area contributed by atoms with Gasteiger partial charge in [-0.05, 0) is 26.2 Å². The van der Waals surface area contributed by atoms with Crippen LogP contribution in [0.5, 0.6) is 0 Å². The van der Waals surface area contributed by atoms with Crippen molar-refractivity contribution in [2.75, 3.05) is 0 Å². The van der Waals surface area contributed by atoms with Gasteiger partial charge >= 0.3 is 5.97 Å². The molecule has 2 heteroatoms. The van der Waals surface area contributed by atoms with Crippen LogP contribution in [0.3, 0.4) is 0 Å². The van der Waals surface area contributed by atoms with Crippen LogP contribution in [0.15, 0.2) is 23.3 Å². The molecule has 1 N–H and O–H groups in total. The average Bonchev–Trinajstić information content (AvgIpc) is 2.03. The number of hydrogen-bond donors (Lipinski definition) is 1. The Kier molecular flexibility index (Phi) is 3.09. The van der Waals surface area contributed by atoms with Gasteiger partial charge in [0.1, 0.15) is 0 Å². The molecule has 1 aliphatic rings. The second-order valence-corrected chi connectivity index (χ2v) is 3.23. The third-order valence-corrected chi connectivity index (χ3v) is 2.10. The molecule has 12 heavy (non-hydrogen) atoms. The Bertz CT molecular complexity index is 236. The van der Waals surface area contributed by atoms with Gasteiger partial charge in [0.15, 0.2) is 0 Å². The van der Waals surface area contributed by atoms with Gasteiger partial charge in [-0.25, -0.2) is 0 Å². The molecule has 2 nitrogen and oxygen atoms in total. The first-order valence-electron chi connectivity index (χ1n) is 4.25. The van der Waals surface area contributed by atoms with E-state index >= 15 is 0 Å². The standard InChI is InChI=1S/C10H14O2/c1-8-2-4-9(5-3-8)6-7-10(11)12/h2,4H,3,5-7H2,1H3,(H,11,12). The van der Waals surface area contributed by atoms with E-state index in [1.165, 1.54) is 11.1 Å². The number of carboxylic acid groups (broad SMARTS) is 1. The fraction of sp³-hybridized carbons (Fsp3) is 0.500. The van der Waals surface area contributed by atoms with Crippen LogP contribution in [-0.2, 0) is 4.79 Å². The van der Waals surface area contributed by atoms with Crippen LogP contribution in [0.25, 0.3) is 0 Å². The fourth-order valence-electron chi connectivity index (χ4n) is 1.26. The highest BCUT2D eigenvalue weighted by atomic mass is 16.4. The van der Waals surface area contributed by atoms with Gasteiger partial charge < -0.3 is 5.11 Å². The minimum absolute atomic E-state index is 0.263. The predicted octanol–water partition coefficient (Wildman–Crippen LogP) is 2.52. The molecule has 0 atom stereocenters. The van der Waals surface area contributed by atoms with Crippen molar-refractivity contribution in [1.82, 2.24) is 0 Å². The van der Waals surface area contributed by atoms with E-state index in [-0.39, 0.29) is 6.42 Å². The van der Waals surface area contributed by atoms with Crippen LogP contribution in [0.1, 0.15) is 32.6 Å². The van der Waals surface area contributed by atoms with E-state index in [4.69, 9.17) is 5.11 Å². The molecule has 0 heterocycles. The highest BCUT2D eigenvalue weighted by Gasteiger charge is 2.05. The number of allylic oxidation sites excluding steroid dienone is 4. The minimum Gasteiger partial charge on any atom is -0.481 e. The number of rotatable bonds is 3. The Labute approximate surface area is 72.6 Å². The molecule has 66 valence electrons. The summed E-state index contributed by atoms with van der Waals surface area (Å²) in [4.78, 5) is 10.3. The maximum atomic E-state index is 10.3. The zero-order valence-corrected chi connectivity index (χ0v) is 7.34. The van der Waals surface area contributed by atoms with Crippen molar-refractivity contribution in [3.63, 3.8) is 0 Å². The molecular formula is C10H14O2. The van der Waals surface area contributed by atoms with E-state index in [9.17, 15) is 4.79 Å². The Balaban J connectivity index is 2.39. The summed E-state index contributed by atoms with van der Waals surface area (Å²) in [5, 5.41) is 8.45.